The highest BCUT2D eigenvalue weighted by molar-refractivity contribution is 6.35. The molecule has 262 valence electrons. The Hall–Kier alpha value is -4.36. The molecule has 14 heteroatoms. The minimum absolute atomic E-state index is 0.0966. The summed E-state index contributed by atoms with van der Waals surface area (Å²) in [4.78, 5) is 21.6. The van der Waals surface area contributed by atoms with E-state index >= 15 is 0 Å². The number of benzene rings is 3. The van der Waals surface area contributed by atoms with E-state index in [1.54, 1.807) is 38.7 Å². The molecule has 4 heterocycles. The van der Waals surface area contributed by atoms with Gasteiger partial charge in [-0.15, -0.1) is 0 Å². The van der Waals surface area contributed by atoms with Crippen molar-refractivity contribution in [3.05, 3.63) is 112 Å². The maximum atomic E-state index is 12.8. The van der Waals surface area contributed by atoms with Gasteiger partial charge in [-0.05, 0) is 67.1 Å². The van der Waals surface area contributed by atoms with Crippen molar-refractivity contribution < 1.29 is 14.2 Å². The summed E-state index contributed by atoms with van der Waals surface area (Å²) >= 11 is 12.7. The Morgan fingerprint density at radius 2 is 1.58 bits per heavy atom. The molecule has 12 nitrogen and oxygen atoms in total. The quantitative estimate of drug-likeness (QED) is 0.140. The predicted molar refractivity (Wildman–Crippen MR) is 193 cm³/mol. The van der Waals surface area contributed by atoms with E-state index in [1.807, 2.05) is 30.3 Å². The van der Waals surface area contributed by atoms with Crippen molar-refractivity contribution in [2.75, 3.05) is 49.2 Å². The van der Waals surface area contributed by atoms with Crippen molar-refractivity contribution in [2.24, 2.45) is 0 Å². The Labute approximate surface area is 300 Å². The summed E-state index contributed by atoms with van der Waals surface area (Å²) in [5, 5.41) is 9.51. The predicted octanol–water partition coefficient (Wildman–Crippen LogP) is 5.80. The van der Waals surface area contributed by atoms with Crippen LogP contribution in [-0.4, -0.2) is 74.6 Å². The van der Waals surface area contributed by atoms with Gasteiger partial charge < -0.3 is 24.0 Å². The summed E-state index contributed by atoms with van der Waals surface area (Å²) in [6.07, 6.45) is 7.51. The van der Waals surface area contributed by atoms with Crippen molar-refractivity contribution >= 4 is 34.6 Å². The third-order valence-corrected chi connectivity index (χ3v) is 9.70. The van der Waals surface area contributed by atoms with Gasteiger partial charge in [0.1, 0.15) is 44.0 Å². The first-order valence-corrected chi connectivity index (χ1v) is 17.7. The van der Waals surface area contributed by atoms with Gasteiger partial charge in [0.15, 0.2) is 0 Å². The number of halogens is 2. The van der Waals surface area contributed by atoms with Gasteiger partial charge in [-0.25, -0.2) is 23.7 Å². The number of nitrogens with zero attached hydrogens (tertiary/aromatic N) is 8. The average molecular weight is 720 g/mol. The molecule has 3 aromatic carbocycles. The molecule has 5 aromatic rings. The maximum absolute atomic E-state index is 12.8. The van der Waals surface area contributed by atoms with Gasteiger partial charge in [-0.2, -0.15) is 10.2 Å². The van der Waals surface area contributed by atoms with Crippen molar-refractivity contribution in [3.8, 4) is 11.4 Å². The molecule has 2 atom stereocenters. The fourth-order valence-corrected chi connectivity index (χ4v) is 7.00. The molecule has 0 saturated carbocycles. The molecule has 2 aromatic heterocycles. The van der Waals surface area contributed by atoms with Crippen LogP contribution in [0.3, 0.4) is 0 Å². The first-order valence-electron chi connectivity index (χ1n) is 17.0. The Morgan fingerprint density at radius 3 is 2.24 bits per heavy atom. The van der Waals surface area contributed by atoms with Crippen LogP contribution in [0.4, 0.5) is 11.4 Å². The van der Waals surface area contributed by atoms with Crippen LogP contribution in [0, 0.1) is 0 Å². The highest BCUT2D eigenvalue weighted by Crippen LogP contribution is 2.40. The standard InChI is InChI=1S/C36H40Cl2N8O4/c1-2-3-4-15-46-35(47)45(26-41-46)30-8-6-28(7-9-30)42-16-18-43(19-17-42)29-10-12-31(13-11-29)48-21-32-22-49-36(50-32,23-44-25-39-24-40-44)33-14-5-27(37)20-34(33)38/h5-14,20,24-26,32H,2-4,15-19,21-23H2,1H3/t32-,36-/m1/s1. The summed E-state index contributed by atoms with van der Waals surface area (Å²) in [5.74, 6) is -0.408. The molecule has 0 bridgehead atoms. The van der Waals surface area contributed by atoms with Crippen LogP contribution in [0.1, 0.15) is 31.7 Å². The van der Waals surface area contributed by atoms with Crippen LogP contribution in [0.5, 0.6) is 5.75 Å². The van der Waals surface area contributed by atoms with E-state index in [4.69, 9.17) is 37.4 Å². The first kappa shape index (κ1) is 34.1. The van der Waals surface area contributed by atoms with Crippen LogP contribution in [0.25, 0.3) is 5.69 Å². The van der Waals surface area contributed by atoms with E-state index in [0.29, 0.717) is 35.4 Å². The molecule has 0 aliphatic carbocycles. The van der Waals surface area contributed by atoms with Crippen LogP contribution < -0.4 is 20.2 Å². The summed E-state index contributed by atoms with van der Waals surface area (Å²) in [6, 6.07) is 21.6. The summed E-state index contributed by atoms with van der Waals surface area (Å²) in [7, 11) is 0. The molecule has 2 saturated heterocycles. The molecule has 2 aliphatic rings. The molecule has 0 radical (unpaired) electrons. The highest BCUT2D eigenvalue weighted by atomic mass is 35.5. The van der Waals surface area contributed by atoms with Crippen molar-refractivity contribution in [2.45, 2.75) is 51.2 Å². The number of ether oxygens (including phenoxy) is 3. The summed E-state index contributed by atoms with van der Waals surface area (Å²) < 4.78 is 23.7. The lowest BCUT2D eigenvalue weighted by molar-refractivity contribution is -0.190. The number of aromatic nitrogens is 6. The van der Waals surface area contributed by atoms with Crippen molar-refractivity contribution in [3.63, 3.8) is 0 Å². The van der Waals surface area contributed by atoms with Gasteiger partial charge in [0.2, 0.25) is 5.79 Å². The minimum atomic E-state index is -1.16. The van der Waals surface area contributed by atoms with E-state index in [-0.39, 0.29) is 18.3 Å². The second-order valence-corrected chi connectivity index (χ2v) is 13.4. The Morgan fingerprint density at radius 1 is 0.880 bits per heavy atom. The molecule has 0 unspecified atom stereocenters. The third-order valence-electron chi connectivity index (χ3n) is 9.15. The number of hydrogen-bond donors (Lipinski definition) is 0. The summed E-state index contributed by atoms with van der Waals surface area (Å²) in [6.45, 7) is 7.25. The van der Waals surface area contributed by atoms with E-state index in [1.165, 1.54) is 6.33 Å². The number of hydrogen-bond acceptors (Lipinski definition) is 9. The number of unbranched alkanes of at least 4 members (excludes halogenated alkanes) is 2. The molecule has 50 heavy (non-hydrogen) atoms. The highest BCUT2D eigenvalue weighted by Gasteiger charge is 2.45. The fraction of sp³-hybridized carbons (Fsp3) is 0.389. The average Bonchev–Trinajstić information content (AvgIpc) is 3.89. The fourth-order valence-electron chi connectivity index (χ4n) is 6.45. The van der Waals surface area contributed by atoms with Gasteiger partial charge in [0, 0.05) is 54.7 Å². The van der Waals surface area contributed by atoms with E-state index in [9.17, 15) is 4.79 Å². The largest absolute Gasteiger partial charge is 0.491 e. The van der Waals surface area contributed by atoms with E-state index in [2.05, 4.69) is 56.2 Å². The van der Waals surface area contributed by atoms with Crippen LogP contribution in [-0.2, 0) is 28.4 Å². The topological polar surface area (TPSA) is 105 Å². The van der Waals surface area contributed by atoms with Crippen molar-refractivity contribution in [1.82, 2.24) is 29.1 Å². The van der Waals surface area contributed by atoms with E-state index < -0.39 is 5.79 Å². The lowest BCUT2D eigenvalue weighted by Crippen LogP contribution is -2.46. The monoisotopic (exact) mass is 718 g/mol. The van der Waals surface area contributed by atoms with E-state index in [0.717, 1.165) is 68.3 Å². The molecule has 0 spiro atoms. The van der Waals surface area contributed by atoms with Gasteiger partial charge in [-0.1, -0.05) is 49.0 Å². The minimum Gasteiger partial charge on any atom is -0.491 e. The van der Waals surface area contributed by atoms with Gasteiger partial charge in [0.25, 0.3) is 0 Å². The molecule has 7 rings (SSSR count). The molecule has 2 aliphatic heterocycles. The lowest BCUT2D eigenvalue weighted by Gasteiger charge is -2.37. The van der Waals surface area contributed by atoms with Crippen LogP contribution in [0.15, 0.2) is 90.5 Å². The molecular formula is C36H40Cl2N8O4. The number of piperazine rings is 1. The SMILES string of the molecule is CCCCCn1ncn(-c2ccc(N3CCN(c4ccc(OC[C@@H]5CO[C@@](Cn6cncn6)(c6ccc(Cl)cc6Cl)O5)cc4)CC3)cc2)c1=O. The summed E-state index contributed by atoms with van der Waals surface area (Å²) in [5.41, 5.74) is 3.68. The van der Waals surface area contributed by atoms with Gasteiger partial charge in [0.05, 0.1) is 17.3 Å². The Balaban J connectivity index is 0.912. The molecular weight excluding hydrogens is 679 g/mol. The molecule has 0 N–H and O–H groups in total. The molecule has 0 amide bonds. The number of anilines is 2. The second-order valence-electron chi connectivity index (χ2n) is 12.5. The van der Waals surface area contributed by atoms with Crippen LogP contribution in [0.2, 0.25) is 10.0 Å². The van der Waals surface area contributed by atoms with Crippen molar-refractivity contribution in [1.29, 1.82) is 0 Å². The zero-order valence-electron chi connectivity index (χ0n) is 27.9. The first-order chi connectivity index (χ1) is 24.4. The zero-order chi connectivity index (χ0) is 34.5. The zero-order valence-corrected chi connectivity index (χ0v) is 29.4. The smallest absolute Gasteiger partial charge is 0.350 e. The van der Waals surface area contributed by atoms with Gasteiger partial charge >= 0.3 is 5.69 Å². The van der Waals surface area contributed by atoms with Gasteiger partial charge in [-0.3, -0.25) is 0 Å². The number of rotatable bonds is 13. The van der Waals surface area contributed by atoms with Crippen LogP contribution >= 0.6 is 23.2 Å². The normalized spacial score (nSPS) is 19.3. The Kier molecular flexibility index (Phi) is 10.4. The Bertz CT molecular complexity index is 1910. The molecule has 2 fully saturated rings. The third kappa shape index (κ3) is 7.53. The lowest BCUT2D eigenvalue weighted by atomic mass is 10.1. The number of aryl methyl sites for hydroxylation is 1. The second kappa shape index (κ2) is 15.3. The maximum Gasteiger partial charge on any atom is 0.350 e.